The maximum atomic E-state index is 12.0. The van der Waals surface area contributed by atoms with Crippen LogP contribution in [0.15, 0.2) is 52.2 Å². The van der Waals surface area contributed by atoms with Gasteiger partial charge < -0.3 is 9.73 Å². The minimum absolute atomic E-state index is 0.103. The molecule has 28 heavy (non-hydrogen) atoms. The number of carbonyl (C=O) groups excluding carboxylic acids is 1. The number of hydrogen-bond donors (Lipinski definition) is 1. The van der Waals surface area contributed by atoms with E-state index in [1.54, 1.807) is 18.0 Å². The lowest BCUT2D eigenvalue weighted by molar-refractivity contribution is -0.121. The van der Waals surface area contributed by atoms with E-state index in [2.05, 4.69) is 41.5 Å². The number of amides is 1. The topological polar surface area (TPSA) is 73.0 Å². The number of hydrogen-bond acceptors (Lipinski definition) is 5. The van der Waals surface area contributed by atoms with E-state index in [9.17, 15) is 4.79 Å². The average Bonchev–Trinajstić information content (AvgIpc) is 3.35. The molecule has 0 spiro atoms. The first kappa shape index (κ1) is 20.2. The Balaban J connectivity index is 1.73. The van der Waals surface area contributed by atoms with E-state index in [1.165, 1.54) is 0 Å². The van der Waals surface area contributed by atoms with Gasteiger partial charge in [0.05, 0.1) is 12.0 Å². The van der Waals surface area contributed by atoms with Gasteiger partial charge in [0.15, 0.2) is 10.9 Å². The minimum atomic E-state index is 0.103. The normalized spacial score (nSPS) is 12.1. The Kier molecular flexibility index (Phi) is 6.92. The van der Waals surface area contributed by atoms with Crippen LogP contribution in [0.3, 0.4) is 0 Å². The number of nitrogens with zero attached hydrogens (tertiary/aromatic N) is 3. The van der Waals surface area contributed by atoms with E-state index in [1.807, 2.05) is 35.8 Å². The summed E-state index contributed by atoms with van der Waals surface area (Å²) in [6, 6.07) is 12.1. The fraction of sp³-hybridized carbons (Fsp3) is 0.381. The fourth-order valence-corrected chi connectivity index (χ4v) is 3.69. The summed E-state index contributed by atoms with van der Waals surface area (Å²) in [6.07, 6.45) is 3.87. The van der Waals surface area contributed by atoms with Crippen molar-refractivity contribution in [2.24, 2.45) is 0 Å². The van der Waals surface area contributed by atoms with Gasteiger partial charge in [-0.2, -0.15) is 0 Å². The molecule has 3 rings (SSSR count). The minimum Gasteiger partial charge on any atom is -0.461 e. The molecule has 7 heteroatoms. The van der Waals surface area contributed by atoms with Crippen molar-refractivity contribution >= 4 is 17.7 Å². The van der Waals surface area contributed by atoms with E-state index in [0.717, 1.165) is 35.0 Å². The van der Waals surface area contributed by atoms with E-state index >= 15 is 0 Å². The maximum absolute atomic E-state index is 12.0. The van der Waals surface area contributed by atoms with Gasteiger partial charge >= 0.3 is 0 Å². The van der Waals surface area contributed by atoms with Gasteiger partial charge in [-0.25, -0.2) is 0 Å². The van der Waals surface area contributed by atoms with Gasteiger partial charge in [-0.3, -0.25) is 9.36 Å². The zero-order valence-electron chi connectivity index (χ0n) is 16.5. The van der Waals surface area contributed by atoms with E-state index < -0.39 is 0 Å². The third-order valence-electron chi connectivity index (χ3n) is 4.53. The van der Waals surface area contributed by atoms with Crippen molar-refractivity contribution in [3.05, 3.63) is 48.2 Å². The van der Waals surface area contributed by atoms with Crippen LogP contribution in [-0.2, 0) is 4.79 Å². The first-order valence-corrected chi connectivity index (χ1v) is 10.6. The monoisotopic (exact) mass is 398 g/mol. The van der Waals surface area contributed by atoms with Crippen molar-refractivity contribution in [3.63, 3.8) is 0 Å². The number of benzene rings is 1. The predicted octanol–water partition coefficient (Wildman–Crippen LogP) is 4.62. The third kappa shape index (κ3) is 4.84. The van der Waals surface area contributed by atoms with Gasteiger partial charge in [-0.1, -0.05) is 36.9 Å². The standard InChI is InChI=1S/C21H26N4O2S/c1-4-16(3)22-19(26)12-8-14-28-21-24-23-20(18-11-7-13-27-18)25(21)17-10-6-5-9-15(17)2/h5-7,9-11,13,16H,4,8,12,14H2,1-3H3,(H,22,26). The van der Waals surface area contributed by atoms with Gasteiger partial charge in [-0.15, -0.1) is 10.2 Å². The van der Waals surface area contributed by atoms with Crippen molar-refractivity contribution < 1.29 is 9.21 Å². The molecule has 0 fully saturated rings. The maximum Gasteiger partial charge on any atom is 0.220 e. The predicted molar refractivity (Wildman–Crippen MR) is 112 cm³/mol. The van der Waals surface area contributed by atoms with Gasteiger partial charge in [0.1, 0.15) is 0 Å². The Labute approximate surface area is 169 Å². The lowest BCUT2D eigenvalue weighted by atomic mass is 10.2. The molecule has 1 atom stereocenters. The largest absolute Gasteiger partial charge is 0.461 e. The molecule has 1 N–H and O–H groups in total. The quantitative estimate of drug-likeness (QED) is 0.420. The van der Waals surface area contributed by atoms with Gasteiger partial charge in [0.2, 0.25) is 11.7 Å². The molecular formula is C21H26N4O2S. The molecule has 148 valence electrons. The van der Waals surface area contributed by atoms with Crippen molar-refractivity contribution in [2.75, 3.05) is 5.75 Å². The van der Waals surface area contributed by atoms with Crippen molar-refractivity contribution in [1.29, 1.82) is 0 Å². The van der Waals surface area contributed by atoms with Crippen LogP contribution >= 0.6 is 11.8 Å². The summed E-state index contributed by atoms with van der Waals surface area (Å²) >= 11 is 1.60. The Morgan fingerprint density at radius 1 is 1.25 bits per heavy atom. The van der Waals surface area contributed by atoms with E-state index in [0.29, 0.717) is 18.0 Å². The van der Waals surface area contributed by atoms with Crippen LogP contribution in [0.1, 0.15) is 38.7 Å². The second-order valence-electron chi connectivity index (χ2n) is 6.73. The molecule has 3 aromatic rings. The number of aryl methyl sites for hydroxylation is 1. The number of thioether (sulfide) groups is 1. The summed E-state index contributed by atoms with van der Waals surface area (Å²) in [6.45, 7) is 6.15. The highest BCUT2D eigenvalue weighted by molar-refractivity contribution is 7.99. The Morgan fingerprint density at radius 2 is 2.07 bits per heavy atom. The summed E-state index contributed by atoms with van der Waals surface area (Å²) in [4.78, 5) is 12.0. The number of furan rings is 1. The first-order chi connectivity index (χ1) is 13.6. The Bertz CT molecular complexity index is 905. The van der Waals surface area contributed by atoms with E-state index in [4.69, 9.17) is 4.42 Å². The summed E-state index contributed by atoms with van der Waals surface area (Å²) in [5.41, 5.74) is 2.15. The second-order valence-corrected chi connectivity index (χ2v) is 7.80. The molecule has 0 saturated carbocycles. The first-order valence-electron chi connectivity index (χ1n) is 9.57. The molecule has 1 aromatic carbocycles. The summed E-state index contributed by atoms with van der Waals surface area (Å²) in [7, 11) is 0. The third-order valence-corrected chi connectivity index (χ3v) is 5.55. The zero-order valence-corrected chi connectivity index (χ0v) is 17.3. The molecule has 0 aliphatic heterocycles. The highest BCUT2D eigenvalue weighted by atomic mass is 32.2. The molecule has 2 heterocycles. The molecule has 6 nitrogen and oxygen atoms in total. The number of rotatable bonds is 9. The van der Waals surface area contributed by atoms with Crippen LogP contribution in [0.2, 0.25) is 0 Å². The van der Waals surface area contributed by atoms with Crippen LogP contribution in [0.4, 0.5) is 0 Å². The van der Waals surface area contributed by atoms with Crippen molar-refractivity contribution in [1.82, 2.24) is 20.1 Å². The number of aromatic nitrogens is 3. The molecule has 0 bridgehead atoms. The van der Waals surface area contributed by atoms with Gasteiger partial charge in [0, 0.05) is 18.2 Å². The highest BCUT2D eigenvalue weighted by Gasteiger charge is 2.19. The Morgan fingerprint density at radius 3 is 2.79 bits per heavy atom. The lowest BCUT2D eigenvalue weighted by Gasteiger charge is -2.12. The summed E-state index contributed by atoms with van der Waals surface area (Å²) in [5, 5.41) is 12.5. The van der Waals surface area contributed by atoms with Crippen molar-refractivity contribution in [2.45, 2.75) is 51.2 Å². The Hall–Kier alpha value is -2.54. The lowest BCUT2D eigenvalue weighted by Crippen LogP contribution is -2.31. The highest BCUT2D eigenvalue weighted by Crippen LogP contribution is 2.30. The molecule has 0 aliphatic rings. The van der Waals surface area contributed by atoms with Crippen LogP contribution in [0.25, 0.3) is 17.3 Å². The van der Waals surface area contributed by atoms with Crippen LogP contribution < -0.4 is 5.32 Å². The van der Waals surface area contributed by atoms with Gasteiger partial charge in [0.25, 0.3) is 0 Å². The molecular weight excluding hydrogens is 372 g/mol. The van der Waals surface area contributed by atoms with Crippen LogP contribution in [-0.4, -0.2) is 32.5 Å². The number of para-hydroxylation sites is 1. The molecule has 0 aliphatic carbocycles. The zero-order chi connectivity index (χ0) is 19.9. The van der Waals surface area contributed by atoms with Crippen LogP contribution in [0.5, 0.6) is 0 Å². The summed E-state index contributed by atoms with van der Waals surface area (Å²) in [5.74, 6) is 2.24. The second kappa shape index (κ2) is 9.59. The molecule has 0 radical (unpaired) electrons. The fourth-order valence-electron chi connectivity index (χ4n) is 2.81. The summed E-state index contributed by atoms with van der Waals surface area (Å²) < 4.78 is 7.58. The number of carbonyl (C=O) groups is 1. The molecule has 1 amide bonds. The van der Waals surface area contributed by atoms with Crippen LogP contribution in [0, 0.1) is 6.92 Å². The van der Waals surface area contributed by atoms with E-state index in [-0.39, 0.29) is 11.9 Å². The van der Waals surface area contributed by atoms with Gasteiger partial charge in [-0.05, 0) is 50.5 Å². The smallest absolute Gasteiger partial charge is 0.220 e. The SMILES string of the molecule is CCC(C)NC(=O)CCCSc1nnc(-c2ccco2)n1-c1ccccc1C. The number of nitrogens with one attached hydrogen (secondary N) is 1. The molecule has 0 saturated heterocycles. The average molecular weight is 399 g/mol. The van der Waals surface area contributed by atoms with Crippen molar-refractivity contribution in [3.8, 4) is 17.3 Å². The molecule has 1 unspecified atom stereocenters. The molecule has 2 aromatic heterocycles.